The van der Waals surface area contributed by atoms with Crippen LogP contribution in [0.5, 0.6) is 0 Å². The minimum Gasteiger partial charge on any atom is -0.465 e. The number of nitrogens with two attached hydrogens (primary N) is 1. The Morgan fingerprint density at radius 3 is 2.46 bits per heavy atom. The van der Waals surface area contributed by atoms with Crippen LogP contribution in [0, 0.1) is 12.8 Å². The molecule has 0 saturated heterocycles. The molecule has 1 aromatic rings. The lowest BCUT2D eigenvalue weighted by Crippen LogP contribution is -2.10. The van der Waals surface area contributed by atoms with Crippen molar-refractivity contribution in [2.24, 2.45) is 11.7 Å². The second-order valence-electron chi connectivity index (χ2n) is 4.03. The summed E-state index contributed by atoms with van der Waals surface area (Å²) in [6.07, 6.45) is 2.16. The normalized spacial score (nSPS) is 13.6. The van der Waals surface area contributed by atoms with E-state index in [1.54, 1.807) is 0 Å². The fourth-order valence-electron chi connectivity index (χ4n) is 1.31. The van der Waals surface area contributed by atoms with E-state index >= 15 is 0 Å². The van der Waals surface area contributed by atoms with Crippen LogP contribution in [0.25, 0.3) is 0 Å². The molecule has 1 heterocycles. The van der Waals surface area contributed by atoms with Gasteiger partial charge in [0.25, 0.3) is 0 Å². The van der Waals surface area contributed by atoms with Gasteiger partial charge < -0.3 is 10.2 Å². The smallest absolute Gasteiger partial charge is 0.120 e. The zero-order valence-corrected chi connectivity index (χ0v) is 8.71. The van der Waals surface area contributed by atoms with E-state index in [1.807, 2.05) is 19.1 Å². The molecule has 0 aromatic carbocycles. The van der Waals surface area contributed by atoms with Crippen molar-refractivity contribution in [3.05, 3.63) is 23.7 Å². The molecule has 0 bridgehead atoms. The summed E-state index contributed by atoms with van der Waals surface area (Å²) in [6, 6.07) is 4.00. The molecule has 0 radical (unpaired) electrons. The van der Waals surface area contributed by atoms with Crippen molar-refractivity contribution in [2.75, 3.05) is 0 Å². The fourth-order valence-corrected chi connectivity index (χ4v) is 1.31. The van der Waals surface area contributed by atoms with Gasteiger partial charge in [-0.05, 0) is 37.8 Å². The average molecular weight is 181 g/mol. The molecule has 0 amide bonds. The predicted molar refractivity (Wildman–Crippen MR) is 54.4 cm³/mol. The molecular formula is C11H19NO. The average Bonchev–Trinajstić information content (AvgIpc) is 2.47. The Bertz CT molecular complexity index is 252. The molecule has 2 nitrogen and oxygen atoms in total. The lowest BCUT2D eigenvalue weighted by Gasteiger charge is -2.10. The van der Waals surface area contributed by atoms with E-state index in [2.05, 4.69) is 13.8 Å². The third-order valence-electron chi connectivity index (χ3n) is 2.18. The van der Waals surface area contributed by atoms with Gasteiger partial charge in [-0.15, -0.1) is 0 Å². The number of hydrogen-bond donors (Lipinski definition) is 1. The minimum atomic E-state index is 0.0658. The molecule has 74 valence electrons. The maximum Gasteiger partial charge on any atom is 0.120 e. The Morgan fingerprint density at radius 2 is 2.00 bits per heavy atom. The second-order valence-corrected chi connectivity index (χ2v) is 4.03. The number of rotatable bonds is 4. The van der Waals surface area contributed by atoms with Crippen LogP contribution in [0.3, 0.4) is 0 Å². The summed E-state index contributed by atoms with van der Waals surface area (Å²) in [5.74, 6) is 2.57. The van der Waals surface area contributed by atoms with Crippen molar-refractivity contribution in [1.82, 2.24) is 0 Å². The molecule has 1 aromatic heterocycles. The molecule has 0 unspecified atom stereocenters. The van der Waals surface area contributed by atoms with Gasteiger partial charge in [-0.3, -0.25) is 0 Å². The van der Waals surface area contributed by atoms with E-state index < -0.39 is 0 Å². The molecule has 0 saturated carbocycles. The summed E-state index contributed by atoms with van der Waals surface area (Å²) in [4.78, 5) is 0. The lowest BCUT2D eigenvalue weighted by atomic mass is 10.0. The Kier molecular flexibility index (Phi) is 3.55. The monoisotopic (exact) mass is 181 g/mol. The van der Waals surface area contributed by atoms with E-state index in [9.17, 15) is 0 Å². The zero-order valence-electron chi connectivity index (χ0n) is 8.71. The van der Waals surface area contributed by atoms with Crippen LogP contribution < -0.4 is 5.73 Å². The van der Waals surface area contributed by atoms with E-state index in [0.717, 1.165) is 24.4 Å². The number of hydrogen-bond acceptors (Lipinski definition) is 2. The standard InChI is InChI=1S/C11H19NO/c1-8(2)4-6-10(12)11-7-5-9(3)13-11/h5,7-8,10H,4,6,12H2,1-3H3/t10-/m0/s1. The van der Waals surface area contributed by atoms with Crippen molar-refractivity contribution >= 4 is 0 Å². The van der Waals surface area contributed by atoms with E-state index in [-0.39, 0.29) is 6.04 Å². The third kappa shape index (κ3) is 3.23. The summed E-state index contributed by atoms with van der Waals surface area (Å²) in [5, 5.41) is 0. The highest BCUT2D eigenvalue weighted by Crippen LogP contribution is 2.20. The van der Waals surface area contributed by atoms with Crippen LogP contribution in [-0.2, 0) is 0 Å². The molecule has 2 heteroatoms. The molecule has 0 aliphatic heterocycles. The maximum absolute atomic E-state index is 5.96. The van der Waals surface area contributed by atoms with Gasteiger partial charge >= 0.3 is 0 Å². The molecular weight excluding hydrogens is 162 g/mol. The van der Waals surface area contributed by atoms with Crippen LogP contribution in [-0.4, -0.2) is 0 Å². The quantitative estimate of drug-likeness (QED) is 0.775. The Balaban J connectivity index is 2.44. The first-order chi connectivity index (χ1) is 6.09. The van der Waals surface area contributed by atoms with E-state index in [4.69, 9.17) is 10.2 Å². The largest absolute Gasteiger partial charge is 0.465 e. The lowest BCUT2D eigenvalue weighted by molar-refractivity contribution is 0.412. The Labute approximate surface area is 80.1 Å². The summed E-state index contributed by atoms with van der Waals surface area (Å²) in [7, 11) is 0. The first kappa shape index (κ1) is 10.3. The van der Waals surface area contributed by atoms with Crippen LogP contribution in [0.1, 0.15) is 44.3 Å². The van der Waals surface area contributed by atoms with Gasteiger partial charge in [0.1, 0.15) is 11.5 Å². The van der Waals surface area contributed by atoms with Gasteiger partial charge in [-0.1, -0.05) is 13.8 Å². The molecule has 0 aliphatic carbocycles. The highest BCUT2D eigenvalue weighted by atomic mass is 16.3. The predicted octanol–water partition coefficient (Wildman–Crippen LogP) is 3.02. The molecule has 1 atom stereocenters. The summed E-state index contributed by atoms with van der Waals surface area (Å²) in [5.41, 5.74) is 5.96. The molecule has 0 fully saturated rings. The van der Waals surface area contributed by atoms with Gasteiger partial charge in [-0.2, -0.15) is 0 Å². The van der Waals surface area contributed by atoms with Gasteiger partial charge in [0.05, 0.1) is 6.04 Å². The summed E-state index contributed by atoms with van der Waals surface area (Å²) < 4.78 is 5.45. The first-order valence-electron chi connectivity index (χ1n) is 4.91. The van der Waals surface area contributed by atoms with Crippen LogP contribution in [0.2, 0.25) is 0 Å². The topological polar surface area (TPSA) is 39.2 Å². The Morgan fingerprint density at radius 1 is 1.31 bits per heavy atom. The van der Waals surface area contributed by atoms with Crippen molar-refractivity contribution in [1.29, 1.82) is 0 Å². The second kappa shape index (κ2) is 4.47. The van der Waals surface area contributed by atoms with Crippen molar-refractivity contribution in [2.45, 2.75) is 39.7 Å². The summed E-state index contributed by atoms with van der Waals surface area (Å²) >= 11 is 0. The van der Waals surface area contributed by atoms with Gasteiger partial charge in [-0.25, -0.2) is 0 Å². The summed E-state index contributed by atoms with van der Waals surface area (Å²) in [6.45, 7) is 6.36. The van der Waals surface area contributed by atoms with Gasteiger partial charge in [0.15, 0.2) is 0 Å². The molecule has 0 aliphatic rings. The first-order valence-corrected chi connectivity index (χ1v) is 4.91. The zero-order chi connectivity index (χ0) is 9.84. The van der Waals surface area contributed by atoms with Gasteiger partial charge in [0, 0.05) is 0 Å². The van der Waals surface area contributed by atoms with Gasteiger partial charge in [0.2, 0.25) is 0 Å². The Hall–Kier alpha value is -0.760. The molecule has 1 rings (SSSR count). The third-order valence-corrected chi connectivity index (χ3v) is 2.18. The van der Waals surface area contributed by atoms with Crippen molar-refractivity contribution in [3.8, 4) is 0 Å². The highest BCUT2D eigenvalue weighted by molar-refractivity contribution is 5.08. The molecule has 13 heavy (non-hydrogen) atoms. The van der Waals surface area contributed by atoms with Crippen LogP contribution in [0.4, 0.5) is 0 Å². The molecule has 0 spiro atoms. The highest BCUT2D eigenvalue weighted by Gasteiger charge is 2.10. The minimum absolute atomic E-state index is 0.0658. The van der Waals surface area contributed by atoms with E-state index in [1.165, 1.54) is 0 Å². The van der Waals surface area contributed by atoms with Crippen LogP contribution in [0.15, 0.2) is 16.5 Å². The fraction of sp³-hybridized carbons (Fsp3) is 0.636. The number of aryl methyl sites for hydroxylation is 1. The van der Waals surface area contributed by atoms with Crippen LogP contribution >= 0.6 is 0 Å². The SMILES string of the molecule is Cc1ccc([C@@H](N)CCC(C)C)o1. The maximum atomic E-state index is 5.96. The van der Waals surface area contributed by atoms with Crippen molar-refractivity contribution in [3.63, 3.8) is 0 Å². The number of furan rings is 1. The molecule has 2 N–H and O–H groups in total. The van der Waals surface area contributed by atoms with Crippen molar-refractivity contribution < 1.29 is 4.42 Å². The van der Waals surface area contributed by atoms with E-state index in [0.29, 0.717) is 5.92 Å².